The number of oxazole rings is 1. The van der Waals surface area contributed by atoms with E-state index < -0.39 is 0 Å². The average molecular weight is 198 g/mol. The smallest absolute Gasteiger partial charge is 0.182 e. The van der Waals surface area contributed by atoms with Crippen LogP contribution in [0.15, 0.2) is 15.4 Å². The van der Waals surface area contributed by atoms with Gasteiger partial charge in [0.1, 0.15) is 10.4 Å². The summed E-state index contributed by atoms with van der Waals surface area (Å²) in [7, 11) is 0. The molecule has 0 bridgehead atoms. The first kappa shape index (κ1) is 7.98. The molecule has 0 fully saturated rings. The van der Waals surface area contributed by atoms with E-state index in [2.05, 4.69) is 20.9 Å². The molecular formula is C4H5BrClNO. The quantitative estimate of drug-likeness (QED) is 0.638. The van der Waals surface area contributed by atoms with Gasteiger partial charge in [0.05, 0.1) is 0 Å². The molecule has 46 valence electrons. The molecule has 0 aliphatic carbocycles. The minimum absolute atomic E-state index is 0. The number of rotatable bonds is 0. The number of aromatic nitrogens is 1. The van der Waals surface area contributed by atoms with E-state index in [1.54, 1.807) is 0 Å². The van der Waals surface area contributed by atoms with E-state index in [1.165, 1.54) is 6.39 Å². The van der Waals surface area contributed by atoms with Crippen LogP contribution in [0, 0.1) is 6.92 Å². The first-order chi connectivity index (χ1) is 3.30. The summed E-state index contributed by atoms with van der Waals surface area (Å²) in [5.41, 5.74) is 0. The zero-order valence-electron chi connectivity index (χ0n) is 4.22. The molecule has 0 radical (unpaired) electrons. The normalized spacial score (nSPS) is 8.25. The highest BCUT2D eigenvalue weighted by Gasteiger charge is 1.93. The molecule has 0 aliphatic heterocycles. The molecule has 1 rings (SSSR count). The summed E-state index contributed by atoms with van der Waals surface area (Å²) in [5.74, 6) is 0.819. The Balaban J connectivity index is 0.000000490. The van der Waals surface area contributed by atoms with E-state index in [4.69, 9.17) is 4.42 Å². The summed E-state index contributed by atoms with van der Waals surface area (Å²) in [6, 6.07) is 0. The van der Waals surface area contributed by atoms with Crippen LogP contribution in [0.1, 0.15) is 5.76 Å². The van der Waals surface area contributed by atoms with E-state index in [0.717, 1.165) is 10.4 Å². The molecule has 0 saturated heterocycles. The van der Waals surface area contributed by atoms with Gasteiger partial charge < -0.3 is 4.42 Å². The summed E-state index contributed by atoms with van der Waals surface area (Å²) >= 11 is 3.16. The Labute approximate surface area is 61.8 Å². The van der Waals surface area contributed by atoms with Crippen LogP contribution in [-0.2, 0) is 0 Å². The van der Waals surface area contributed by atoms with Crippen LogP contribution in [0.2, 0.25) is 0 Å². The second-order valence-corrected chi connectivity index (χ2v) is 1.95. The number of halogens is 2. The van der Waals surface area contributed by atoms with Crippen LogP contribution in [0.5, 0.6) is 0 Å². The third-order valence-electron chi connectivity index (χ3n) is 0.686. The Morgan fingerprint density at radius 2 is 2.38 bits per heavy atom. The molecule has 1 aromatic rings. The second-order valence-electron chi connectivity index (χ2n) is 1.20. The van der Waals surface area contributed by atoms with Gasteiger partial charge in [-0.15, -0.1) is 12.4 Å². The van der Waals surface area contributed by atoms with Crippen molar-refractivity contribution in [1.82, 2.24) is 4.98 Å². The lowest BCUT2D eigenvalue weighted by molar-refractivity contribution is 0.526. The highest BCUT2D eigenvalue weighted by Crippen LogP contribution is 2.10. The first-order valence-corrected chi connectivity index (χ1v) is 2.65. The Morgan fingerprint density at radius 1 is 1.75 bits per heavy atom. The van der Waals surface area contributed by atoms with Gasteiger partial charge in [-0.1, -0.05) is 0 Å². The molecule has 0 atom stereocenters. The minimum Gasteiger partial charge on any atom is -0.448 e. The van der Waals surface area contributed by atoms with Crippen molar-refractivity contribution in [3.63, 3.8) is 0 Å². The van der Waals surface area contributed by atoms with Gasteiger partial charge in [-0.2, -0.15) is 0 Å². The monoisotopic (exact) mass is 197 g/mol. The third-order valence-corrected chi connectivity index (χ3v) is 1.45. The Hall–Kier alpha value is -0.0200. The number of nitrogens with zero attached hydrogens (tertiary/aromatic N) is 1. The van der Waals surface area contributed by atoms with E-state index in [0.29, 0.717) is 0 Å². The van der Waals surface area contributed by atoms with Crippen LogP contribution < -0.4 is 0 Å². The summed E-state index contributed by atoms with van der Waals surface area (Å²) in [6.07, 6.45) is 1.40. The molecule has 0 amide bonds. The predicted octanol–water partition coefficient (Wildman–Crippen LogP) is 2.17. The summed E-state index contributed by atoms with van der Waals surface area (Å²) < 4.78 is 5.59. The Bertz CT molecular complexity index is 148. The largest absolute Gasteiger partial charge is 0.448 e. The minimum atomic E-state index is 0. The summed E-state index contributed by atoms with van der Waals surface area (Å²) in [4.78, 5) is 3.77. The number of hydrogen-bond acceptors (Lipinski definition) is 2. The second kappa shape index (κ2) is 3.10. The molecule has 2 nitrogen and oxygen atoms in total. The molecule has 0 saturated carbocycles. The third kappa shape index (κ3) is 1.49. The van der Waals surface area contributed by atoms with Crippen molar-refractivity contribution in [3.8, 4) is 0 Å². The van der Waals surface area contributed by atoms with Crippen LogP contribution in [-0.4, -0.2) is 4.98 Å². The highest BCUT2D eigenvalue weighted by atomic mass is 79.9. The van der Waals surface area contributed by atoms with Crippen molar-refractivity contribution in [2.75, 3.05) is 0 Å². The summed E-state index contributed by atoms with van der Waals surface area (Å²) in [6.45, 7) is 1.84. The molecule has 8 heavy (non-hydrogen) atoms. The topological polar surface area (TPSA) is 26.0 Å². The van der Waals surface area contributed by atoms with Crippen molar-refractivity contribution < 1.29 is 4.42 Å². The van der Waals surface area contributed by atoms with Crippen molar-refractivity contribution in [2.24, 2.45) is 0 Å². The maximum absolute atomic E-state index is 4.81. The van der Waals surface area contributed by atoms with Gasteiger partial charge in [0, 0.05) is 0 Å². The van der Waals surface area contributed by atoms with Gasteiger partial charge in [0.25, 0.3) is 0 Å². The maximum Gasteiger partial charge on any atom is 0.182 e. The lowest BCUT2D eigenvalue weighted by atomic mass is 10.6. The lowest BCUT2D eigenvalue weighted by Gasteiger charge is -1.74. The molecule has 0 N–H and O–H groups in total. The zero-order valence-corrected chi connectivity index (χ0v) is 6.62. The standard InChI is InChI=1S/C4H4BrNO.ClH/c1-3-4(5)6-2-7-3;/h2H,1H3;1H. The highest BCUT2D eigenvalue weighted by molar-refractivity contribution is 9.10. The van der Waals surface area contributed by atoms with Gasteiger partial charge in [-0.25, -0.2) is 4.98 Å². The van der Waals surface area contributed by atoms with Crippen LogP contribution in [0.25, 0.3) is 0 Å². The van der Waals surface area contributed by atoms with Gasteiger partial charge in [-0.05, 0) is 22.9 Å². The lowest BCUT2D eigenvalue weighted by Crippen LogP contribution is -1.61. The average Bonchev–Trinajstić information content (AvgIpc) is 1.91. The SMILES string of the molecule is Cc1ocnc1Br.Cl. The predicted molar refractivity (Wildman–Crippen MR) is 36.2 cm³/mol. The molecule has 1 heterocycles. The summed E-state index contributed by atoms with van der Waals surface area (Å²) in [5, 5.41) is 0. The van der Waals surface area contributed by atoms with Crippen LogP contribution in [0.4, 0.5) is 0 Å². The fourth-order valence-corrected chi connectivity index (χ4v) is 0.468. The number of aryl methyl sites for hydroxylation is 1. The zero-order chi connectivity index (χ0) is 5.28. The van der Waals surface area contributed by atoms with Gasteiger partial charge in [0.15, 0.2) is 6.39 Å². The fraction of sp³-hybridized carbons (Fsp3) is 0.250. The van der Waals surface area contributed by atoms with Crippen molar-refractivity contribution >= 4 is 28.3 Å². The first-order valence-electron chi connectivity index (χ1n) is 1.86. The van der Waals surface area contributed by atoms with Crippen molar-refractivity contribution in [1.29, 1.82) is 0 Å². The van der Waals surface area contributed by atoms with E-state index in [1.807, 2.05) is 6.92 Å². The molecule has 4 heteroatoms. The van der Waals surface area contributed by atoms with Crippen LogP contribution in [0.3, 0.4) is 0 Å². The van der Waals surface area contributed by atoms with Gasteiger partial charge in [0.2, 0.25) is 0 Å². The van der Waals surface area contributed by atoms with Crippen LogP contribution >= 0.6 is 28.3 Å². The number of hydrogen-bond donors (Lipinski definition) is 0. The van der Waals surface area contributed by atoms with E-state index in [9.17, 15) is 0 Å². The molecular weight excluding hydrogens is 193 g/mol. The van der Waals surface area contributed by atoms with Gasteiger partial charge in [-0.3, -0.25) is 0 Å². The van der Waals surface area contributed by atoms with E-state index >= 15 is 0 Å². The van der Waals surface area contributed by atoms with Crippen molar-refractivity contribution in [2.45, 2.75) is 6.92 Å². The molecule has 1 aromatic heterocycles. The van der Waals surface area contributed by atoms with Gasteiger partial charge >= 0.3 is 0 Å². The fourth-order valence-electron chi connectivity index (χ4n) is 0.291. The molecule has 0 aliphatic rings. The molecule has 0 unspecified atom stereocenters. The van der Waals surface area contributed by atoms with Crippen molar-refractivity contribution in [3.05, 3.63) is 16.8 Å². The maximum atomic E-state index is 4.81. The van der Waals surface area contributed by atoms with E-state index in [-0.39, 0.29) is 12.4 Å². The Kier molecular flexibility index (Phi) is 3.09. The Morgan fingerprint density at radius 3 is 2.50 bits per heavy atom. The molecule has 0 aromatic carbocycles. The molecule has 0 spiro atoms.